The fourth-order valence-electron chi connectivity index (χ4n) is 3.01. The average molecular weight is 391 g/mol. The molecule has 144 valence electrons. The summed E-state index contributed by atoms with van der Waals surface area (Å²) in [5, 5.41) is 2.69. The Labute approximate surface area is 158 Å². The van der Waals surface area contributed by atoms with E-state index in [4.69, 9.17) is 0 Å². The predicted molar refractivity (Wildman–Crippen MR) is 104 cm³/mol. The van der Waals surface area contributed by atoms with Gasteiger partial charge in [0.1, 0.15) is 5.82 Å². The van der Waals surface area contributed by atoms with Gasteiger partial charge in [0, 0.05) is 37.4 Å². The van der Waals surface area contributed by atoms with Crippen LogP contribution < -0.4 is 10.2 Å². The predicted octanol–water partition coefficient (Wildman–Crippen LogP) is 2.47. The second-order valence-electron chi connectivity index (χ2n) is 6.64. The minimum Gasteiger partial charge on any atom is -0.367 e. The number of anilines is 2. The van der Waals surface area contributed by atoms with E-state index in [1.165, 1.54) is 16.6 Å². The number of amides is 1. The monoisotopic (exact) mass is 391 g/mol. The van der Waals surface area contributed by atoms with Crippen molar-refractivity contribution in [2.75, 3.05) is 42.7 Å². The van der Waals surface area contributed by atoms with Gasteiger partial charge in [-0.1, -0.05) is 17.7 Å². The highest BCUT2D eigenvalue weighted by Gasteiger charge is 2.24. The fourth-order valence-corrected chi connectivity index (χ4v) is 3.84. The lowest BCUT2D eigenvalue weighted by atomic mass is 10.1. The molecule has 1 aliphatic heterocycles. The highest BCUT2D eigenvalue weighted by molar-refractivity contribution is 7.88. The lowest BCUT2D eigenvalue weighted by Gasteiger charge is -2.34. The van der Waals surface area contributed by atoms with Crippen LogP contribution in [-0.2, 0) is 10.0 Å². The Morgan fingerprint density at radius 1 is 1.04 bits per heavy atom. The van der Waals surface area contributed by atoms with E-state index in [-0.39, 0.29) is 5.91 Å². The maximum atomic E-state index is 14.5. The molecule has 0 saturated carbocycles. The van der Waals surface area contributed by atoms with E-state index in [2.05, 4.69) is 5.32 Å². The number of carbonyl (C=O) groups excluding carboxylic acids is 1. The lowest BCUT2D eigenvalue weighted by Crippen LogP contribution is -2.48. The summed E-state index contributed by atoms with van der Waals surface area (Å²) < 4.78 is 39.1. The van der Waals surface area contributed by atoms with E-state index < -0.39 is 15.8 Å². The molecule has 2 aromatic carbocycles. The number of hydrogen-bond donors (Lipinski definition) is 1. The molecule has 0 atom stereocenters. The Kier molecular flexibility index (Phi) is 5.48. The van der Waals surface area contributed by atoms with Gasteiger partial charge in [-0.15, -0.1) is 0 Å². The molecule has 6 nitrogen and oxygen atoms in total. The molecule has 1 aliphatic rings. The molecule has 0 aromatic heterocycles. The van der Waals surface area contributed by atoms with Crippen molar-refractivity contribution in [3.05, 3.63) is 59.4 Å². The van der Waals surface area contributed by atoms with Crippen molar-refractivity contribution < 1.29 is 17.6 Å². The number of benzene rings is 2. The van der Waals surface area contributed by atoms with Gasteiger partial charge >= 0.3 is 0 Å². The zero-order chi connectivity index (χ0) is 19.6. The van der Waals surface area contributed by atoms with Gasteiger partial charge in [0.05, 0.1) is 11.9 Å². The summed E-state index contributed by atoms with van der Waals surface area (Å²) in [4.78, 5) is 14.1. The zero-order valence-corrected chi connectivity index (χ0v) is 16.1. The van der Waals surface area contributed by atoms with Gasteiger partial charge in [-0.3, -0.25) is 4.79 Å². The molecule has 2 aromatic rings. The number of rotatable bonds is 4. The highest BCUT2D eigenvalue weighted by atomic mass is 32.2. The molecule has 1 heterocycles. The average Bonchev–Trinajstić information content (AvgIpc) is 2.62. The summed E-state index contributed by atoms with van der Waals surface area (Å²) in [7, 11) is -3.23. The van der Waals surface area contributed by atoms with Gasteiger partial charge in [-0.2, -0.15) is 4.31 Å². The highest BCUT2D eigenvalue weighted by Crippen LogP contribution is 2.25. The molecular formula is C19H22FN3O3S. The third-order valence-corrected chi connectivity index (χ3v) is 5.87. The fraction of sp³-hybridized carbons (Fsp3) is 0.316. The molecule has 0 aliphatic carbocycles. The van der Waals surface area contributed by atoms with Gasteiger partial charge in [0.2, 0.25) is 10.0 Å². The number of halogens is 1. The van der Waals surface area contributed by atoms with Crippen LogP contribution in [0.3, 0.4) is 0 Å². The van der Waals surface area contributed by atoms with E-state index in [1.54, 1.807) is 24.3 Å². The first-order valence-corrected chi connectivity index (χ1v) is 10.5. The minimum atomic E-state index is -3.23. The van der Waals surface area contributed by atoms with Crippen LogP contribution in [0, 0.1) is 12.7 Å². The van der Waals surface area contributed by atoms with Crippen molar-refractivity contribution in [3.63, 3.8) is 0 Å². The normalized spacial score (nSPS) is 15.6. The van der Waals surface area contributed by atoms with E-state index >= 15 is 0 Å². The molecule has 1 saturated heterocycles. The third-order valence-electron chi connectivity index (χ3n) is 4.57. The molecular weight excluding hydrogens is 369 g/mol. The van der Waals surface area contributed by atoms with Crippen LogP contribution in [0.15, 0.2) is 42.5 Å². The van der Waals surface area contributed by atoms with E-state index in [0.717, 1.165) is 5.56 Å². The summed E-state index contributed by atoms with van der Waals surface area (Å²) in [6.07, 6.45) is 1.18. The van der Waals surface area contributed by atoms with Crippen LogP contribution in [0.1, 0.15) is 15.9 Å². The number of carbonyl (C=O) groups is 1. The molecule has 3 rings (SSSR count). The number of piperazine rings is 1. The van der Waals surface area contributed by atoms with E-state index in [9.17, 15) is 17.6 Å². The van der Waals surface area contributed by atoms with Crippen LogP contribution in [0.2, 0.25) is 0 Å². The molecule has 1 N–H and O–H groups in total. The molecule has 1 fully saturated rings. The van der Waals surface area contributed by atoms with Crippen molar-refractivity contribution in [1.82, 2.24) is 4.31 Å². The van der Waals surface area contributed by atoms with Crippen LogP contribution in [0.25, 0.3) is 0 Å². The number of aryl methyl sites for hydroxylation is 1. The first-order valence-electron chi connectivity index (χ1n) is 8.62. The number of hydrogen-bond acceptors (Lipinski definition) is 4. The number of nitrogens with one attached hydrogen (secondary N) is 1. The Balaban J connectivity index is 1.67. The van der Waals surface area contributed by atoms with Crippen molar-refractivity contribution in [2.45, 2.75) is 6.92 Å². The lowest BCUT2D eigenvalue weighted by molar-refractivity contribution is 0.102. The summed E-state index contributed by atoms with van der Waals surface area (Å²) >= 11 is 0. The largest absolute Gasteiger partial charge is 0.367 e. The summed E-state index contributed by atoms with van der Waals surface area (Å²) in [6.45, 7) is 3.41. The SMILES string of the molecule is Cc1ccc(C(=O)Nc2ccc(N3CCN(S(C)(=O)=O)CC3)c(F)c2)cc1. The van der Waals surface area contributed by atoms with Crippen molar-refractivity contribution in [3.8, 4) is 0 Å². The minimum absolute atomic E-state index is 0.302. The topological polar surface area (TPSA) is 69.7 Å². The maximum absolute atomic E-state index is 14.5. The van der Waals surface area contributed by atoms with Crippen LogP contribution in [0.5, 0.6) is 0 Å². The summed E-state index contributed by atoms with van der Waals surface area (Å²) in [5.74, 6) is -0.756. The van der Waals surface area contributed by atoms with Crippen molar-refractivity contribution in [1.29, 1.82) is 0 Å². The Bertz CT molecular complexity index is 937. The molecule has 0 spiro atoms. The summed E-state index contributed by atoms with van der Waals surface area (Å²) in [6, 6.07) is 11.7. The molecule has 8 heteroatoms. The Morgan fingerprint density at radius 3 is 2.22 bits per heavy atom. The van der Waals surface area contributed by atoms with E-state index in [1.807, 2.05) is 24.0 Å². The number of nitrogens with zero attached hydrogens (tertiary/aromatic N) is 2. The molecule has 1 amide bonds. The zero-order valence-electron chi connectivity index (χ0n) is 15.3. The molecule has 0 unspecified atom stereocenters. The van der Waals surface area contributed by atoms with Gasteiger partial charge in [-0.25, -0.2) is 12.8 Å². The van der Waals surface area contributed by atoms with E-state index in [0.29, 0.717) is 43.1 Å². The summed E-state index contributed by atoms with van der Waals surface area (Å²) in [5.41, 5.74) is 2.33. The quantitative estimate of drug-likeness (QED) is 0.869. The first-order chi connectivity index (χ1) is 12.7. The van der Waals surface area contributed by atoms with Gasteiger partial charge in [0.15, 0.2) is 0 Å². The van der Waals surface area contributed by atoms with Crippen molar-refractivity contribution >= 4 is 27.3 Å². The van der Waals surface area contributed by atoms with Crippen LogP contribution in [-0.4, -0.2) is 51.1 Å². The third kappa shape index (κ3) is 4.64. The maximum Gasteiger partial charge on any atom is 0.255 e. The Hall–Kier alpha value is -2.45. The van der Waals surface area contributed by atoms with Crippen molar-refractivity contribution in [2.24, 2.45) is 0 Å². The first kappa shape index (κ1) is 19.3. The Morgan fingerprint density at radius 2 is 1.67 bits per heavy atom. The van der Waals surface area contributed by atoms with Gasteiger partial charge in [-0.05, 0) is 37.3 Å². The van der Waals surface area contributed by atoms with Crippen LogP contribution in [0.4, 0.5) is 15.8 Å². The standard InChI is InChI=1S/C19H22FN3O3S/c1-14-3-5-15(6-4-14)19(24)21-16-7-8-18(17(20)13-16)22-9-11-23(12-10-22)27(2,25)26/h3-8,13H,9-12H2,1-2H3,(H,21,24). The molecule has 0 bridgehead atoms. The van der Waals surface area contributed by atoms with Crippen LogP contribution >= 0.6 is 0 Å². The smallest absolute Gasteiger partial charge is 0.255 e. The molecule has 0 radical (unpaired) electrons. The molecule has 27 heavy (non-hydrogen) atoms. The number of sulfonamides is 1. The second kappa shape index (κ2) is 7.66. The van der Waals surface area contributed by atoms with Gasteiger partial charge < -0.3 is 10.2 Å². The van der Waals surface area contributed by atoms with Gasteiger partial charge in [0.25, 0.3) is 5.91 Å². The second-order valence-corrected chi connectivity index (χ2v) is 8.62.